The minimum atomic E-state index is -1.61. The van der Waals surface area contributed by atoms with Gasteiger partial charge >= 0.3 is 5.97 Å². The molecule has 8 nitrogen and oxygen atoms in total. The molecular formula is C22H41NO7. The highest BCUT2D eigenvalue weighted by Crippen LogP contribution is 2.29. The molecule has 0 aromatic rings. The van der Waals surface area contributed by atoms with Gasteiger partial charge in [0.2, 0.25) is 0 Å². The molecule has 2 heterocycles. The van der Waals surface area contributed by atoms with Gasteiger partial charge in [0.25, 0.3) is 0 Å². The van der Waals surface area contributed by atoms with Crippen LogP contribution in [0.1, 0.15) is 66.2 Å². The summed E-state index contributed by atoms with van der Waals surface area (Å²) in [7, 11) is 1.69. The second-order valence-electron chi connectivity index (χ2n) is 9.61. The lowest BCUT2D eigenvalue weighted by Gasteiger charge is -2.37. The maximum Gasteiger partial charge on any atom is 0.311 e. The van der Waals surface area contributed by atoms with Crippen molar-refractivity contribution in [2.75, 3.05) is 20.2 Å². The van der Waals surface area contributed by atoms with E-state index in [1.807, 2.05) is 6.92 Å². The van der Waals surface area contributed by atoms with Crippen molar-refractivity contribution in [2.24, 2.45) is 11.8 Å². The fourth-order valence-corrected chi connectivity index (χ4v) is 4.33. The minimum Gasteiger partial charge on any atom is -0.462 e. The molecule has 30 heavy (non-hydrogen) atoms. The highest BCUT2D eigenvalue weighted by Gasteiger charge is 2.37. The van der Waals surface area contributed by atoms with Crippen molar-refractivity contribution in [3.05, 3.63) is 0 Å². The summed E-state index contributed by atoms with van der Waals surface area (Å²) < 4.78 is 17.5. The smallest absolute Gasteiger partial charge is 0.311 e. The molecule has 0 saturated carbocycles. The van der Waals surface area contributed by atoms with E-state index in [9.17, 15) is 20.1 Å². The van der Waals surface area contributed by atoms with Crippen LogP contribution in [0.4, 0.5) is 0 Å². The van der Waals surface area contributed by atoms with Gasteiger partial charge in [0, 0.05) is 13.0 Å². The predicted molar refractivity (Wildman–Crippen MR) is 111 cm³/mol. The summed E-state index contributed by atoms with van der Waals surface area (Å²) in [6, 6.07) is 0. The molecule has 8 atom stereocenters. The Hall–Kier alpha value is -0.770. The Kier molecular flexibility index (Phi) is 9.52. The average molecular weight is 432 g/mol. The summed E-state index contributed by atoms with van der Waals surface area (Å²) in [6.45, 7) is 7.55. The molecule has 0 aliphatic carbocycles. The normalized spacial score (nSPS) is 43.6. The summed E-state index contributed by atoms with van der Waals surface area (Å²) in [5, 5.41) is 31.4. The standard InChI is InChI=1S/C22H41NO7/c1-14-11-15(2)29-19(12-14)30-18-9-8-17(24)7-6-10-23(5)21(26)22(4,27)13-28-20(25)16(18)3/h14-19,21,24,26-27H,6-13H2,1-5H3/t14?,15?,16?,17?,18-,19-,21?,22?/m0/s1. The molecule has 2 rings (SSSR count). The van der Waals surface area contributed by atoms with Crippen molar-refractivity contribution in [2.45, 2.75) is 103 Å². The molecule has 8 heteroatoms. The van der Waals surface area contributed by atoms with Crippen LogP contribution >= 0.6 is 0 Å². The van der Waals surface area contributed by atoms with Crippen LogP contribution in [-0.2, 0) is 19.0 Å². The molecule has 3 N–H and O–H groups in total. The molecule has 0 aromatic heterocycles. The van der Waals surface area contributed by atoms with Crippen molar-refractivity contribution < 1.29 is 34.3 Å². The number of nitrogens with zero attached hydrogens (tertiary/aromatic N) is 1. The van der Waals surface area contributed by atoms with Crippen LogP contribution < -0.4 is 0 Å². The average Bonchev–Trinajstić information content (AvgIpc) is 2.66. The van der Waals surface area contributed by atoms with Crippen LogP contribution in [0.5, 0.6) is 0 Å². The number of rotatable bonds is 2. The number of aliphatic hydroxyl groups excluding tert-OH is 2. The Morgan fingerprint density at radius 1 is 1.13 bits per heavy atom. The number of cyclic esters (lactones) is 1. The summed E-state index contributed by atoms with van der Waals surface area (Å²) >= 11 is 0. The topological polar surface area (TPSA) is 109 Å². The van der Waals surface area contributed by atoms with Crippen LogP contribution in [0.25, 0.3) is 0 Å². The SMILES string of the molecule is CC1CC(C)O[C@@H](O[C@H]2CCC(O)CCCN(C)C(O)C(C)(O)COC(=O)C2C)C1. The zero-order chi connectivity index (χ0) is 22.5. The fourth-order valence-electron chi connectivity index (χ4n) is 4.33. The lowest BCUT2D eigenvalue weighted by molar-refractivity contribution is -0.232. The highest BCUT2D eigenvalue weighted by atomic mass is 16.7. The van der Waals surface area contributed by atoms with Gasteiger partial charge in [-0.2, -0.15) is 0 Å². The number of aliphatic hydroxyl groups is 3. The van der Waals surface area contributed by atoms with Crippen molar-refractivity contribution in [1.82, 2.24) is 4.90 Å². The lowest BCUT2D eigenvalue weighted by Crippen LogP contribution is -2.53. The molecule has 176 valence electrons. The quantitative estimate of drug-likeness (QED) is 0.567. The summed E-state index contributed by atoms with van der Waals surface area (Å²) in [5.41, 5.74) is -1.61. The van der Waals surface area contributed by atoms with Gasteiger partial charge in [-0.05, 0) is 65.8 Å². The molecule has 2 fully saturated rings. The van der Waals surface area contributed by atoms with Crippen molar-refractivity contribution in [3.63, 3.8) is 0 Å². The first kappa shape index (κ1) is 25.5. The minimum absolute atomic E-state index is 0.0960. The molecular weight excluding hydrogens is 390 g/mol. The first-order chi connectivity index (χ1) is 14.0. The Bertz CT molecular complexity index is 534. The van der Waals surface area contributed by atoms with E-state index in [2.05, 4.69) is 6.92 Å². The number of carbonyl (C=O) groups is 1. The lowest BCUT2D eigenvalue weighted by atomic mass is 9.95. The first-order valence-corrected chi connectivity index (χ1v) is 11.3. The van der Waals surface area contributed by atoms with E-state index in [-0.39, 0.29) is 12.7 Å². The van der Waals surface area contributed by atoms with Crippen LogP contribution in [0.2, 0.25) is 0 Å². The fraction of sp³-hybridized carbons (Fsp3) is 0.955. The summed E-state index contributed by atoms with van der Waals surface area (Å²) in [4.78, 5) is 14.3. The molecule has 2 saturated heterocycles. The van der Waals surface area contributed by atoms with E-state index in [1.54, 1.807) is 18.9 Å². The molecule has 0 spiro atoms. The number of hydrogen-bond donors (Lipinski definition) is 3. The third kappa shape index (κ3) is 7.43. The van der Waals surface area contributed by atoms with Gasteiger partial charge in [-0.1, -0.05) is 6.92 Å². The third-order valence-electron chi connectivity index (χ3n) is 6.28. The van der Waals surface area contributed by atoms with Crippen molar-refractivity contribution in [3.8, 4) is 0 Å². The van der Waals surface area contributed by atoms with E-state index in [0.717, 1.165) is 12.8 Å². The maximum absolute atomic E-state index is 12.7. The van der Waals surface area contributed by atoms with Gasteiger partial charge in [0.15, 0.2) is 6.29 Å². The third-order valence-corrected chi connectivity index (χ3v) is 6.28. The van der Waals surface area contributed by atoms with Crippen LogP contribution in [-0.4, -0.2) is 82.8 Å². The van der Waals surface area contributed by atoms with E-state index < -0.39 is 42.2 Å². The Morgan fingerprint density at radius 3 is 2.50 bits per heavy atom. The van der Waals surface area contributed by atoms with E-state index >= 15 is 0 Å². The van der Waals surface area contributed by atoms with E-state index in [4.69, 9.17) is 14.2 Å². The van der Waals surface area contributed by atoms with Crippen LogP contribution in [0, 0.1) is 11.8 Å². The number of esters is 1. The van der Waals surface area contributed by atoms with Gasteiger partial charge in [-0.3, -0.25) is 9.69 Å². The molecule has 0 amide bonds. The second kappa shape index (κ2) is 11.2. The van der Waals surface area contributed by atoms with E-state index in [1.165, 1.54) is 6.92 Å². The second-order valence-corrected chi connectivity index (χ2v) is 9.61. The van der Waals surface area contributed by atoms with Crippen molar-refractivity contribution in [1.29, 1.82) is 0 Å². The van der Waals surface area contributed by atoms with Crippen molar-refractivity contribution >= 4 is 5.97 Å². The molecule has 6 unspecified atom stereocenters. The molecule has 2 aliphatic rings. The Labute approximate surface area is 180 Å². The number of likely N-dealkylation sites (N-methyl/N-ethyl adjacent to an activating group) is 1. The summed E-state index contributed by atoms with van der Waals surface area (Å²) in [6.07, 6.45) is 1.52. The number of ether oxygens (including phenoxy) is 3. The van der Waals surface area contributed by atoms with Gasteiger partial charge < -0.3 is 29.5 Å². The highest BCUT2D eigenvalue weighted by molar-refractivity contribution is 5.72. The predicted octanol–water partition coefficient (Wildman–Crippen LogP) is 1.65. The van der Waals surface area contributed by atoms with Crippen LogP contribution in [0.15, 0.2) is 0 Å². The van der Waals surface area contributed by atoms with Gasteiger partial charge in [0.1, 0.15) is 18.4 Å². The van der Waals surface area contributed by atoms with Gasteiger partial charge in [0.05, 0.1) is 24.2 Å². The zero-order valence-electron chi connectivity index (χ0n) is 19.1. The first-order valence-electron chi connectivity index (χ1n) is 11.3. The number of carbonyl (C=O) groups excluding carboxylic acids is 1. The Balaban J connectivity index is 2.11. The molecule has 0 radical (unpaired) electrons. The zero-order valence-corrected chi connectivity index (χ0v) is 19.1. The molecule has 0 bridgehead atoms. The largest absolute Gasteiger partial charge is 0.462 e. The van der Waals surface area contributed by atoms with E-state index in [0.29, 0.717) is 38.1 Å². The monoisotopic (exact) mass is 431 g/mol. The number of hydrogen-bond acceptors (Lipinski definition) is 8. The molecule has 2 aliphatic heterocycles. The Morgan fingerprint density at radius 2 is 1.83 bits per heavy atom. The summed E-state index contributed by atoms with van der Waals surface area (Å²) in [5.74, 6) is -0.626. The molecule has 0 aromatic carbocycles. The maximum atomic E-state index is 12.7. The van der Waals surface area contributed by atoms with Crippen LogP contribution in [0.3, 0.4) is 0 Å². The van der Waals surface area contributed by atoms with Gasteiger partial charge in [-0.25, -0.2) is 0 Å². The van der Waals surface area contributed by atoms with Gasteiger partial charge in [-0.15, -0.1) is 0 Å².